The topological polar surface area (TPSA) is 52.9 Å². The average Bonchev–Trinajstić information content (AvgIpc) is 2.12. The fraction of sp³-hybridized carbons (Fsp3) is 0.778. The molecular formula is C9H16N2O. The maximum atomic E-state index is 11.2. The molecule has 0 saturated heterocycles. The molecule has 68 valence electrons. The Hall–Kier alpha value is -1.04. The van der Waals surface area contributed by atoms with E-state index in [1.807, 2.05) is 26.8 Å². The normalized spacial score (nSPS) is 14.5. The predicted octanol–water partition coefficient (Wildman–Crippen LogP) is 1.45. The van der Waals surface area contributed by atoms with Crippen LogP contribution in [0.2, 0.25) is 0 Å². The zero-order valence-electron chi connectivity index (χ0n) is 7.92. The van der Waals surface area contributed by atoms with Gasteiger partial charge in [0.25, 0.3) is 0 Å². The number of rotatable bonds is 4. The minimum absolute atomic E-state index is 0.00685. The van der Waals surface area contributed by atoms with Crippen molar-refractivity contribution in [3.8, 4) is 6.07 Å². The van der Waals surface area contributed by atoms with Gasteiger partial charge in [-0.3, -0.25) is 4.79 Å². The summed E-state index contributed by atoms with van der Waals surface area (Å²) in [7, 11) is 0. The van der Waals surface area contributed by atoms with Crippen LogP contribution >= 0.6 is 0 Å². The lowest BCUT2D eigenvalue weighted by molar-refractivity contribution is -0.124. The smallest absolute Gasteiger partial charge is 0.223 e. The lowest BCUT2D eigenvalue weighted by atomic mass is 10.1. The first kappa shape index (κ1) is 11.0. The quantitative estimate of drug-likeness (QED) is 0.690. The highest BCUT2D eigenvalue weighted by molar-refractivity contribution is 5.78. The monoisotopic (exact) mass is 168 g/mol. The van der Waals surface area contributed by atoms with Gasteiger partial charge in [-0.1, -0.05) is 20.8 Å². The van der Waals surface area contributed by atoms with Gasteiger partial charge in [0.15, 0.2) is 0 Å². The Kier molecular flexibility index (Phi) is 5.11. The summed E-state index contributed by atoms with van der Waals surface area (Å²) >= 11 is 0. The molecule has 12 heavy (non-hydrogen) atoms. The second-order valence-electron chi connectivity index (χ2n) is 2.91. The van der Waals surface area contributed by atoms with Crippen LogP contribution in [0, 0.1) is 17.2 Å². The molecule has 0 aromatic carbocycles. The number of hydrogen-bond acceptors (Lipinski definition) is 2. The van der Waals surface area contributed by atoms with Crippen LogP contribution in [0.4, 0.5) is 0 Å². The number of nitrogens with one attached hydrogen (secondary N) is 1. The number of amides is 1. The molecule has 0 aliphatic heterocycles. The van der Waals surface area contributed by atoms with Gasteiger partial charge in [-0.25, -0.2) is 0 Å². The Morgan fingerprint density at radius 2 is 2.08 bits per heavy atom. The molecule has 0 fully saturated rings. The third kappa shape index (κ3) is 3.38. The van der Waals surface area contributed by atoms with Gasteiger partial charge in [-0.05, 0) is 12.8 Å². The molecule has 0 spiro atoms. The Morgan fingerprint density at radius 3 is 2.42 bits per heavy atom. The van der Waals surface area contributed by atoms with Crippen molar-refractivity contribution < 1.29 is 4.79 Å². The molecular weight excluding hydrogens is 152 g/mol. The van der Waals surface area contributed by atoms with Crippen molar-refractivity contribution in [1.82, 2.24) is 5.32 Å². The van der Waals surface area contributed by atoms with E-state index in [4.69, 9.17) is 5.26 Å². The Morgan fingerprint density at radius 1 is 1.50 bits per heavy atom. The van der Waals surface area contributed by atoms with Crippen molar-refractivity contribution in [3.63, 3.8) is 0 Å². The van der Waals surface area contributed by atoms with Crippen LogP contribution in [-0.2, 0) is 4.79 Å². The lowest BCUT2D eigenvalue weighted by Crippen LogP contribution is -2.36. The number of nitrogens with zero attached hydrogens (tertiary/aromatic N) is 1. The minimum Gasteiger partial charge on any atom is -0.340 e. The summed E-state index contributed by atoms with van der Waals surface area (Å²) in [6.07, 6.45) is 1.48. The summed E-state index contributed by atoms with van der Waals surface area (Å²) in [6, 6.07) is 1.70. The highest BCUT2D eigenvalue weighted by Crippen LogP contribution is 2.01. The fourth-order valence-corrected chi connectivity index (χ4v) is 0.725. The molecule has 0 aliphatic rings. The molecule has 3 nitrogen and oxygen atoms in total. The standard InChI is InChI=1S/C9H16N2O/c1-4-7(3)9(12)11-8(5-2)6-10/h7-8H,4-5H2,1-3H3,(H,11,12). The van der Waals surface area contributed by atoms with Crippen molar-refractivity contribution in [3.05, 3.63) is 0 Å². The van der Waals surface area contributed by atoms with Gasteiger partial charge in [0, 0.05) is 5.92 Å². The Balaban J connectivity index is 3.92. The first-order valence-electron chi connectivity index (χ1n) is 4.35. The van der Waals surface area contributed by atoms with Crippen LogP contribution in [-0.4, -0.2) is 11.9 Å². The molecule has 0 bridgehead atoms. The predicted molar refractivity (Wildman–Crippen MR) is 47.3 cm³/mol. The largest absolute Gasteiger partial charge is 0.340 e. The van der Waals surface area contributed by atoms with Gasteiger partial charge >= 0.3 is 0 Å². The molecule has 0 aromatic heterocycles. The van der Waals surface area contributed by atoms with Gasteiger partial charge < -0.3 is 5.32 Å². The van der Waals surface area contributed by atoms with Crippen molar-refractivity contribution in [2.75, 3.05) is 0 Å². The van der Waals surface area contributed by atoms with E-state index in [1.165, 1.54) is 0 Å². The van der Waals surface area contributed by atoms with Crippen LogP contribution in [0.1, 0.15) is 33.6 Å². The molecule has 0 aliphatic carbocycles. The molecule has 0 saturated carbocycles. The average molecular weight is 168 g/mol. The molecule has 2 unspecified atom stereocenters. The molecule has 0 radical (unpaired) electrons. The van der Waals surface area contributed by atoms with E-state index in [0.29, 0.717) is 6.42 Å². The van der Waals surface area contributed by atoms with Crippen LogP contribution in [0.3, 0.4) is 0 Å². The van der Waals surface area contributed by atoms with Gasteiger partial charge in [-0.2, -0.15) is 5.26 Å². The van der Waals surface area contributed by atoms with E-state index < -0.39 is 0 Å². The highest BCUT2D eigenvalue weighted by Gasteiger charge is 2.13. The van der Waals surface area contributed by atoms with Gasteiger partial charge in [0.2, 0.25) is 5.91 Å². The fourth-order valence-electron chi connectivity index (χ4n) is 0.725. The summed E-state index contributed by atoms with van der Waals surface area (Å²) in [6.45, 7) is 5.70. The van der Waals surface area contributed by atoms with Crippen LogP contribution in [0.15, 0.2) is 0 Å². The molecule has 0 rings (SSSR count). The van der Waals surface area contributed by atoms with Crippen molar-refractivity contribution in [2.45, 2.75) is 39.7 Å². The number of nitriles is 1. The third-order valence-electron chi connectivity index (χ3n) is 1.94. The summed E-state index contributed by atoms with van der Waals surface area (Å²) in [5.41, 5.74) is 0. The van der Waals surface area contributed by atoms with Crippen LogP contribution < -0.4 is 5.32 Å². The van der Waals surface area contributed by atoms with Crippen molar-refractivity contribution in [2.24, 2.45) is 5.92 Å². The first-order valence-corrected chi connectivity index (χ1v) is 4.35. The van der Waals surface area contributed by atoms with E-state index in [2.05, 4.69) is 5.32 Å². The van der Waals surface area contributed by atoms with Gasteiger partial charge in [-0.15, -0.1) is 0 Å². The Labute approximate surface area is 73.8 Å². The molecule has 0 heterocycles. The van der Waals surface area contributed by atoms with E-state index in [1.54, 1.807) is 0 Å². The van der Waals surface area contributed by atoms with Crippen LogP contribution in [0.5, 0.6) is 0 Å². The summed E-state index contributed by atoms with van der Waals surface area (Å²) in [5, 5.41) is 11.2. The summed E-state index contributed by atoms with van der Waals surface area (Å²) in [4.78, 5) is 11.2. The first-order chi connectivity index (χ1) is 5.65. The molecule has 1 amide bonds. The maximum absolute atomic E-state index is 11.2. The van der Waals surface area contributed by atoms with Gasteiger partial charge in [0.1, 0.15) is 6.04 Å². The van der Waals surface area contributed by atoms with E-state index >= 15 is 0 Å². The highest BCUT2D eigenvalue weighted by atomic mass is 16.1. The van der Waals surface area contributed by atoms with Gasteiger partial charge in [0.05, 0.1) is 6.07 Å². The van der Waals surface area contributed by atoms with E-state index in [9.17, 15) is 4.79 Å². The summed E-state index contributed by atoms with van der Waals surface area (Å²) in [5.74, 6) is -0.0155. The van der Waals surface area contributed by atoms with Crippen molar-refractivity contribution in [1.29, 1.82) is 5.26 Å². The van der Waals surface area contributed by atoms with E-state index in [-0.39, 0.29) is 17.9 Å². The molecule has 0 aromatic rings. The summed E-state index contributed by atoms with van der Waals surface area (Å²) < 4.78 is 0. The third-order valence-corrected chi connectivity index (χ3v) is 1.94. The minimum atomic E-state index is -0.327. The number of carbonyl (C=O) groups excluding carboxylic acids is 1. The Bertz CT molecular complexity index is 183. The SMILES string of the molecule is CCC(C#N)NC(=O)C(C)CC. The lowest BCUT2D eigenvalue weighted by Gasteiger charge is -2.12. The molecule has 2 atom stereocenters. The number of carbonyl (C=O) groups is 1. The second-order valence-corrected chi connectivity index (χ2v) is 2.91. The maximum Gasteiger partial charge on any atom is 0.223 e. The zero-order chi connectivity index (χ0) is 9.56. The van der Waals surface area contributed by atoms with Crippen LogP contribution in [0.25, 0.3) is 0 Å². The van der Waals surface area contributed by atoms with E-state index in [0.717, 1.165) is 6.42 Å². The second kappa shape index (κ2) is 5.59. The molecule has 1 N–H and O–H groups in total. The number of hydrogen-bond donors (Lipinski definition) is 1. The van der Waals surface area contributed by atoms with Crippen molar-refractivity contribution >= 4 is 5.91 Å². The zero-order valence-corrected chi connectivity index (χ0v) is 7.92. The molecule has 3 heteroatoms.